The molecule has 0 spiro atoms. The minimum Gasteiger partial charge on any atom is -0.369 e. The average Bonchev–Trinajstić information content (AvgIpc) is 2.55. The van der Waals surface area contributed by atoms with Crippen molar-refractivity contribution in [3.63, 3.8) is 0 Å². The van der Waals surface area contributed by atoms with Crippen molar-refractivity contribution in [3.05, 3.63) is 54.3 Å². The molecular formula is C16H17FN2O3S. The smallest absolute Gasteiger partial charge is 0.336 e. The lowest BCUT2D eigenvalue weighted by molar-refractivity contribution is 0.335. The van der Waals surface area contributed by atoms with E-state index in [0.717, 1.165) is 21.1 Å². The second kappa shape index (κ2) is 6.27. The molecule has 1 saturated heterocycles. The van der Waals surface area contributed by atoms with Gasteiger partial charge in [-0.25, -0.2) is 4.39 Å². The fourth-order valence-electron chi connectivity index (χ4n) is 2.68. The number of halogens is 1. The lowest BCUT2D eigenvalue weighted by Crippen LogP contribution is -2.48. The summed E-state index contributed by atoms with van der Waals surface area (Å²) in [6.07, 6.45) is 0. The molecule has 0 radical (unpaired) electrons. The Morgan fingerprint density at radius 1 is 0.826 bits per heavy atom. The van der Waals surface area contributed by atoms with Gasteiger partial charge in [0.2, 0.25) is 0 Å². The number of hydrogen-bond acceptors (Lipinski definition) is 3. The molecule has 0 atom stereocenters. The molecule has 23 heavy (non-hydrogen) atoms. The molecule has 0 amide bonds. The van der Waals surface area contributed by atoms with Crippen LogP contribution in [0.25, 0.3) is 11.1 Å². The summed E-state index contributed by atoms with van der Waals surface area (Å²) in [5.41, 5.74) is 2.92. The second-order valence-corrected chi connectivity index (χ2v) is 6.83. The van der Waals surface area contributed by atoms with Gasteiger partial charge in [0.15, 0.2) is 0 Å². The van der Waals surface area contributed by atoms with E-state index in [1.165, 1.54) is 12.1 Å². The van der Waals surface area contributed by atoms with Gasteiger partial charge in [-0.3, -0.25) is 4.55 Å². The Hall–Kier alpha value is -1.96. The van der Waals surface area contributed by atoms with E-state index in [-0.39, 0.29) is 18.9 Å². The summed E-state index contributed by atoms with van der Waals surface area (Å²) in [5.74, 6) is -0.262. The van der Waals surface area contributed by atoms with Crippen LogP contribution < -0.4 is 4.90 Å². The molecule has 0 aromatic heterocycles. The molecule has 2 aromatic rings. The van der Waals surface area contributed by atoms with Crippen LogP contribution in [0.1, 0.15) is 0 Å². The number of benzene rings is 2. The van der Waals surface area contributed by atoms with Crippen LogP contribution in [0.5, 0.6) is 0 Å². The van der Waals surface area contributed by atoms with Crippen LogP contribution in [0.4, 0.5) is 10.1 Å². The van der Waals surface area contributed by atoms with Crippen molar-refractivity contribution in [1.29, 1.82) is 0 Å². The normalized spacial score (nSPS) is 16.5. The fourth-order valence-corrected chi connectivity index (χ4v) is 3.31. The molecule has 1 N–H and O–H groups in total. The highest BCUT2D eigenvalue weighted by molar-refractivity contribution is 7.83. The van der Waals surface area contributed by atoms with Crippen molar-refractivity contribution in [2.75, 3.05) is 31.1 Å². The Kier molecular flexibility index (Phi) is 4.34. The highest BCUT2D eigenvalue weighted by Crippen LogP contribution is 2.24. The number of anilines is 1. The molecule has 1 fully saturated rings. The summed E-state index contributed by atoms with van der Waals surface area (Å²) in [5, 5.41) is 0. The van der Waals surface area contributed by atoms with Gasteiger partial charge >= 0.3 is 10.3 Å². The van der Waals surface area contributed by atoms with E-state index >= 15 is 0 Å². The molecule has 0 bridgehead atoms. The predicted octanol–water partition coefficient (Wildman–Crippen LogP) is 2.42. The Morgan fingerprint density at radius 3 is 1.78 bits per heavy atom. The van der Waals surface area contributed by atoms with E-state index in [1.54, 1.807) is 12.1 Å². The highest BCUT2D eigenvalue weighted by atomic mass is 32.2. The summed E-state index contributed by atoms with van der Waals surface area (Å²) in [6, 6.07) is 14.2. The minimum atomic E-state index is -4.10. The molecule has 2 aromatic carbocycles. The molecule has 0 unspecified atom stereocenters. The van der Waals surface area contributed by atoms with Crippen LogP contribution in [0, 0.1) is 5.82 Å². The van der Waals surface area contributed by atoms with Crippen LogP contribution >= 0.6 is 0 Å². The van der Waals surface area contributed by atoms with E-state index < -0.39 is 10.3 Å². The summed E-state index contributed by atoms with van der Waals surface area (Å²) >= 11 is 0. The summed E-state index contributed by atoms with van der Waals surface area (Å²) < 4.78 is 45.2. The first kappa shape index (κ1) is 15.9. The van der Waals surface area contributed by atoms with Crippen molar-refractivity contribution in [1.82, 2.24) is 4.31 Å². The van der Waals surface area contributed by atoms with Crippen molar-refractivity contribution in [3.8, 4) is 11.1 Å². The van der Waals surface area contributed by atoms with Gasteiger partial charge in [-0.1, -0.05) is 24.3 Å². The SMILES string of the molecule is O=S(=O)(O)N1CCN(c2ccc(-c3ccc(F)cc3)cc2)CC1. The zero-order valence-corrected chi connectivity index (χ0v) is 13.2. The number of hydrogen-bond donors (Lipinski definition) is 1. The maximum Gasteiger partial charge on any atom is 0.336 e. The van der Waals surface area contributed by atoms with Gasteiger partial charge in [-0.15, -0.1) is 0 Å². The lowest BCUT2D eigenvalue weighted by Gasteiger charge is -2.34. The molecule has 0 aliphatic carbocycles. The quantitative estimate of drug-likeness (QED) is 0.875. The minimum absolute atomic E-state index is 0.262. The van der Waals surface area contributed by atoms with Crippen molar-refractivity contribution in [2.45, 2.75) is 0 Å². The predicted molar refractivity (Wildman–Crippen MR) is 87.2 cm³/mol. The number of piperazine rings is 1. The molecule has 122 valence electrons. The first-order valence-corrected chi connectivity index (χ1v) is 8.67. The fraction of sp³-hybridized carbons (Fsp3) is 0.250. The van der Waals surface area contributed by atoms with Gasteiger partial charge < -0.3 is 4.90 Å². The summed E-state index contributed by atoms with van der Waals surface area (Å²) in [4.78, 5) is 2.07. The zero-order valence-electron chi connectivity index (χ0n) is 12.4. The van der Waals surface area contributed by atoms with Crippen LogP contribution in [-0.2, 0) is 10.3 Å². The third-order valence-electron chi connectivity index (χ3n) is 3.97. The first-order chi connectivity index (χ1) is 10.9. The van der Waals surface area contributed by atoms with Crippen molar-refractivity contribution >= 4 is 16.0 Å². The van der Waals surface area contributed by atoms with Crippen LogP contribution in [0.2, 0.25) is 0 Å². The largest absolute Gasteiger partial charge is 0.369 e. The molecular weight excluding hydrogens is 319 g/mol. The molecule has 1 aliphatic rings. The van der Waals surface area contributed by atoms with E-state index in [4.69, 9.17) is 4.55 Å². The van der Waals surface area contributed by atoms with Crippen LogP contribution in [-0.4, -0.2) is 43.5 Å². The number of nitrogens with zero attached hydrogens (tertiary/aromatic N) is 2. The summed E-state index contributed by atoms with van der Waals surface area (Å²) in [7, 11) is -4.10. The van der Waals surface area contributed by atoms with Crippen molar-refractivity contribution in [2.24, 2.45) is 0 Å². The monoisotopic (exact) mass is 336 g/mol. The van der Waals surface area contributed by atoms with Crippen LogP contribution in [0.3, 0.4) is 0 Å². The first-order valence-electron chi connectivity index (χ1n) is 7.27. The molecule has 7 heteroatoms. The maximum atomic E-state index is 13.0. The van der Waals surface area contributed by atoms with Gasteiger partial charge in [0.25, 0.3) is 0 Å². The molecule has 1 heterocycles. The van der Waals surface area contributed by atoms with Crippen molar-refractivity contribution < 1.29 is 17.4 Å². The highest BCUT2D eigenvalue weighted by Gasteiger charge is 2.24. The Morgan fingerprint density at radius 2 is 1.30 bits per heavy atom. The Balaban J connectivity index is 1.70. The third-order valence-corrected chi connectivity index (χ3v) is 4.99. The van der Waals surface area contributed by atoms with Gasteiger partial charge in [0.1, 0.15) is 5.82 Å². The van der Waals surface area contributed by atoms with Gasteiger partial charge in [-0.2, -0.15) is 12.7 Å². The average molecular weight is 336 g/mol. The molecule has 1 aliphatic heterocycles. The zero-order chi connectivity index (χ0) is 16.4. The van der Waals surface area contributed by atoms with Gasteiger partial charge in [0, 0.05) is 31.9 Å². The van der Waals surface area contributed by atoms with E-state index in [0.29, 0.717) is 13.1 Å². The molecule has 5 nitrogen and oxygen atoms in total. The molecule has 3 rings (SSSR count). The van der Waals surface area contributed by atoms with E-state index in [9.17, 15) is 12.8 Å². The summed E-state index contributed by atoms with van der Waals surface area (Å²) in [6.45, 7) is 1.57. The van der Waals surface area contributed by atoms with E-state index in [2.05, 4.69) is 4.90 Å². The lowest BCUT2D eigenvalue weighted by atomic mass is 10.1. The topological polar surface area (TPSA) is 60.9 Å². The molecule has 0 saturated carbocycles. The van der Waals surface area contributed by atoms with Crippen LogP contribution in [0.15, 0.2) is 48.5 Å². The maximum absolute atomic E-state index is 13.0. The Labute approximate surface area is 134 Å². The second-order valence-electron chi connectivity index (χ2n) is 5.42. The Bertz CT molecular complexity index is 768. The van der Waals surface area contributed by atoms with E-state index in [1.807, 2.05) is 24.3 Å². The van der Waals surface area contributed by atoms with Gasteiger partial charge in [0.05, 0.1) is 0 Å². The number of rotatable bonds is 3. The standard InChI is InChI=1S/C16H17FN2O3S/c17-15-5-1-13(2-6-15)14-3-7-16(8-4-14)18-9-11-19(12-10-18)23(20,21)22/h1-8H,9-12H2,(H,20,21,22). The third kappa shape index (κ3) is 3.69. The van der Waals surface area contributed by atoms with Gasteiger partial charge in [-0.05, 0) is 35.4 Å².